The van der Waals surface area contributed by atoms with Crippen molar-refractivity contribution < 1.29 is 19.4 Å². The third-order valence-electron chi connectivity index (χ3n) is 5.28. The molecule has 0 aliphatic rings. The molecule has 2 aromatic carbocycles. The number of hydrogen-bond donors (Lipinski definition) is 2. The molecule has 1 aromatic heterocycles. The van der Waals surface area contributed by atoms with Gasteiger partial charge in [0.2, 0.25) is 11.5 Å². The maximum Gasteiger partial charge on any atom is 0.224 e. The van der Waals surface area contributed by atoms with E-state index >= 15 is 0 Å². The highest BCUT2D eigenvalue weighted by molar-refractivity contribution is 8.17. The molecule has 0 spiro atoms. The molecule has 34 heavy (non-hydrogen) atoms. The first kappa shape index (κ1) is 25.2. The van der Waals surface area contributed by atoms with E-state index in [1.165, 1.54) is 4.90 Å². The fraction of sp³-hybridized carbons (Fsp3) is 0.280. The first-order chi connectivity index (χ1) is 16.4. The third-order valence-corrected chi connectivity index (χ3v) is 6.43. The number of carbonyl (C=O) groups excluding carboxylic acids is 2. The van der Waals surface area contributed by atoms with Gasteiger partial charge in [-0.05, 0) is 50.1 Å². The Hall–Kier alpha value is -3.43. The van der Waals surface area contributed by atoms with Gasteiger partial charge in [0.15, 0.2) is 0 Å². The quantitative estimate of drug-likeness (QED) is 0.417. The molecule has 0 fully saturated rings. The number of thioether (sulfide) groups is 1. The van der Waals surface area contributed by atoms with E-state index in [0.717, 1.165) is 22.5 Å². The van der Waals surface area contributed by atoms with Crippen LogP contribution in [0.4, 0.5) is 5.82 Å². The maximum atomic E-state index is 13.3. The van der Waals surface area contributed by atoms with Crippen LogP contribution in [0.3, 0.4) is 0 Å². The second-order valence-corrected chi connectivity index (χ2v) is 8.59. The van der Waals surface area contributed by atoms with Crippen LogP contribution < -0.4 is 10.5 Å². The van der Waals surface area contributed by atoms with Crippen LogP contribution in [-0.2, 0) is 11.3 Å². The number of ether oxygens (including phenoxy) is 1. The van der Waals surface area contributed by atoms with E-state index in [-0.39, 0.29) is 24.7 Å². The monoisotopic (exact) mass is 480 g/mol. The molecule has 3 N–H and O–H groups in total. The summed E-state index contributed by atoms with van der Waals surface area (Å²) in [5, 5.41) is 11.1. The first-order valence-corrected chi connectivity index (χ1v) is 11.7. The predicted octanol–water partition coefficient (Wildman–Crippen LogP) is 4.07. The molecule has 178 valence electrons. The zero-order valence-corrected chi connectivity index (χ0v) is 20.3. The van der Waals surface area contributed by atoms with Crippen LogP contribution in [0, 0.1) is 6.92 Å². The van der Waals surface area contributed by atoms with Crippen molar-refractivity contribution in [3.8, 4) is 5.75 Å². The Kier molecular flexibility index (Phi) is 8.61. The molecule has 0 saturated carbocycles. The number of nitrogens with zero attached hydrogens (tertiary/aromatic N) is 3. The van der Waals surface area contributed by atoms with E-state index < -0.39 is 0 Å². The minimum absolute atomic E-state index is 0.150. The lowest BCUT2D eigenvalue weighted by atomic mass is 10.0. The van der Waals surface area contributed by atoms with Gasteiger partial charge in [0.05, 0.1) is 13.2 Å². The number of aliphatic hydroxyl groups excluding tert-OH is 1. The van der Waals surface area contributed by atoms with Gasteiger partial charge in [-0.2, -0.15) is 0 Å². The van der Waals surface area contributed by atoms with Crippen molar-refractivity contribution in [3.63, 3.8) is 0 Å². The molecule has 0 saturated heterocycles. The zero-order valence-electron chi connectivity index (χ0n) is 19.4. The van der Waals surface area contributed by atoms with Crippen molar-refractivity contribution in [1.29, 1.82) is 0 Å². The highest BCUT2D eigenvalue weighted by Gasteiger charge is 2.19. The Morgan fingerprint density at radius 1 is 1.24 bits per heavy atom. The minimum Gasteiger partial charge on any atom is -0.493 e. The summed E-state index contributed by atoms with van der Waals surface area (Å²) in [6, 6.07) is 11.1. The van der Waals surface area contributed by atoms with E-state index in [2.05, 4.69) is 9.97 Å². The summed E-state index contributed by atoms with van der Waals surface area (Å²) in [5.74, 6) is 1.54. The number of hydrogen-bond acceptors (Lipinski definition) is 8. The molecule has 8 nitrogen and oxygen atoms in total. The third kappa shape index (κ3) is 5.73. The van der Waals surface area contributed by atoms with Gasteiger partial charge < -0.3 is 20.5 Å². The summed E-state index contributed by atoms with van der Waals surface area (Å²) < 4.78 is 5.70. The van der Waals surface area contributed by atoms with Crippen LogP contribution >= 0.6 is 11.8 Å². The zero-order chi connectivity index (χ0) is 24.7. The number of anilines is 1. The molecule has 3 aromatic rings. The fourth-order valence-corrected chi connectivity index (χ4v) is 4.49. The number of nitrogen functional groups attached to an aromatic ring is 1. The van der Waals surface area contributed by atoms with Crippen molar-refractivity contribution in [2.24, 2.45) is 0 Å². The van der Waals surface area contributed by atoms with E-state index in [4.69, 9.17) is 10.5 Å². The normalized spacial score (nSPS) is 11.8. The predicted molar refractivity (Wildman–Crippen MR) is 134 cm³/mol. The van der Waals surface area contributed by atoms with Gasteiger partial charge in [-0.15, -0.1) is 0 Å². The van der Waals surface area contributed by atoms with Crippen LogP contribution in [0.25, 0.3) is 10.8 Å². The van der Waals surface area contributed by atoms with Crippen LogP contribution in [-0.4, -0.2) is 44.7 Å². The summed E-state index contributed by atoms with van der Waals surface area (Å²) in [7, 11) is 0. The van der Waals surface area contributed by atoms with E-state index in [1.54, 1.807) is 32.2 Å². The first-order valence-electron chi connectivity index (χ1n) is 10.9. The summed E-state index contributed by atoms with van der Waals surface area (Å²) in [4.78, 5) is 35.6. The van der Waals surface area contributed by atoms with Gasteiger partial charge >= 0.3 is 0 Å². The fourth-order valence-electron chi connectivity index (χ4n) is 3.52. The van der Waals surface area contributed by atoms with Gasteiger partial charge in [-0.25, -0.2) is 9.97 Å². The molecule has 0 aliphatic heterocycles. The second kappa shape index (κ2) is 11.6. The Morgan fingerprint density at radius 3 is 2.62 bits per heavy atom. The molecule has 0 atom stereocenters. The molecular weight excluding hydrogens is 452 g/mol. The average Bonchev–Trinajstić information content (AvgIpc) is 2.83. The minimum atomic E-state index is -0.189. The summed E-state index contributed by atoms with van der Waals surface area (Å²) in [6.07, 6.45) is 2.47. The molecule has 0 unspecified atom stereocenters. The average molecular weight is 481 g/mol. The Balaban J connectivity index is 1.93. The van der Waals surface area contributed by atoms with Gasteiger partial charge in [0.1, 0.15) is 17.4 Å². The molecule has 1 amide bonds. The maximum absolute atomic E-state index is 13.3. The highest BCUT2D eigenvalue weighted by atomic mass is 32.2. The van der Waals surface area contributed by atoms with Crippen LogP contribution in [0.1, 0.15) is 42.0 Å². The number of benzene rings is 2. The number of aromatic nitrogens is 2. The summed E-state index contributed by atoms with van der Waals surface area (Å²) in [5.41, 5.74) is 7.66. The number of aryl methyl sites for hydroxylation is 1. The number of carbonyl (C=O) groups is 2. The molecule has 0 radical (unpaired) electrons. The Labute approximate surface area is 202 Å². The standard InChI is InChI=1S/C25H28N4O4S/c1-4-33-22-10-9-21(19-7-5-6-8-20(19)22)25(32)34-23(11-12-30)16(2)29(15-31)14-18-13-27-17(3)28-24(18)26/h5-10,13,15,30H,4,11-12,14H2,1-3H3,(H2,26,27,28). The van der Waals surface area contributed by atoms with Gasteiger partial charge in [0, 0.05) is 46.3 Å². The van der Waals surface area contributed by atoms with Crippen LogP contribution in [0.15, 0.2) is 53.2 Å². The van der Waals surface area contributed by atoms with Crippen molar-refractivity contribution >= 4 is 39.9 Å². The Morgan fingerprint density at radius 2 is 1.97 bits per heavy atom. The Bertz CT molecular complexity index is 1230. The molecule has 0 bridgehead atoms. The SMILES string of the molecule is CCOc1ccc(C(=O)SC(CCO)=C(C)N(C=O)Cc2cnc(C)nc2N)c2ccccc12. The van der Waals surface area contributed by atoms with Gasteiger partial charge in [-0.1, -0.05) is 24.3 Å². The lowest BCUT2D eigenvalue weighted by Gasteiger charge is -2.22. The highest BCUT2D eigenvalue weighted by Crippen LogP contribution is 2.34. The summed E-state index contributed by atoms with van der Waals surface area (Å²) in [6.45, 7) is 5.88. The number of fused-ring (bicyclic) bond motifs is 1. The number of nitrogens with two attached hydrogens (primary N) is 1. The number of amides is 1. The lowest BCUT2D eigenvalue weighted by Crippen LogP contribution is -2.22. The number of rotatable bonds is 10. The summed E-state index contributed by atoms with van der Waals surface area (Å²) >= 11 is 1.00. The second-order valence-electron chi connectivity index (χ2n) is 7.52. The molecule has 3 rings (SSSR count). The largest absolute Gasteiger partial charge is 0.493 e. The van der Waals surface area contributed by atoms with Crippen LogP contribution in [0.5, 0.6) is 5.75 Å². The number of allylic oxidation sites excluding steroid dienone is 1. The molecule has 9 heteroatoms. The van der Waals surface area contributed by atoms with E-state index in [1.807, 2.05) is 31.2 Å². The molecule has 1 heterocycles. The molecular formula is C25H28N4O4S. The van der Waals surface area contributed by atoms with Crippen molar-refractivity contribution in [2.75, 3.05) is 18.9 Å². The smallest absolute Gasteiger partial charge is 0.224 e. The van der Waals surface area contributed by atoms with Crippen molar-refractivity contribution in [2.45, 2.75) is 33.7 Å². The lowest BCUT2D eigenvalue weighted by molar-refractivity contribution is -0.116. The van der Waals surface area contributed by atoms with E-state index in [9.17, 15) is 14.7 Å². The molecule has 0 aliphatic carbocycles. The number of aliphatic hydroxyl groups is 1. The van der Waals surface area contributed by atoms with Gasteiger partial charge in [-0.3, -0.25) is 9.59 Å². The van der Waals surface area contributed by atoms with Crippen LogP contribution in [0.2, 0.25) is 0 Å². The van der Waals surface area contributed by atoms with Crippen molar-refractivity contribution in [1.82, 2.24) is 14.9 Å². The van der Waals surface area contributed by atoms with Gasteiger partial charge in [0.25, 0.3) is 0 Å². The topological polar surface area (TPSA) is 119 Å². The van der Waals surface area contributed by atoms with Crippen molar-refractivity contribution in [3.05, 3.63) is 70.1 Å². The van der Waals surface area contributed by atoms with E-state index in [0.29, 0.717) is 52.1 Å².